The van der Waals surface area contributed by atoms with Crippen LogP contribution in [0, 0.1) is 5.92 Å². The molecule has 1 saturated heterocycles. The SMILES string of the molecule is O=C(CSc1ccncc1)NCC1CCOC1. The zero-order valence-corrected chi connectivity index (χ0v) is 10.4. The molecule has 1 unspecified atom stereocenters. The van der Waals surface area contributed by atoms with Crippen LogP contribution in [-0.4, -0.2) is 36.4 Å². The smallest absolute Gasteiger partial charge is 0.230 e. The Morgan fingerprint density at radius 3 is 3.06 bits per heavy atom. The van der Waals surface area contributed by atoms with Crippen LogP contribution in [0.4, 0.5) is 0 Å². The number of nitrogens with zero attached hydrogens (tertiary/aromatic N) is 1. The van der Waals surface area contributed by atoms with Crippen LogP contribution in [0.1, 0.15) is 6.42 Å². The molecule has 0 bridgehead atoms. The number of ether oxygens (including phenoxy) is 1. The Labute approximate surface area is 105 Å². The molecule has 4 nitrogen and oxygen atoms in total. The Bertz CT molecular complexity index is 353. The van der Waals surface area contributed by atoms with E-state index in [1.54, 1.807) is 12.4 Å². The fraction of sp³-hybridized carbons (Fsp3) is 0.500. The molecule has 0 spiro atoms. The number of amides is 1. The average molecular weight is 252 g/mol. The van der Waals surface area contributed by atoms with Gasteiger partial charge in [0.1, 0.15) is 0 Å². The molecule has 2 rings (SSSR count). The van der Waals surface area contributed by atoms with Gasteiger partial charge in [0.05, 0.1) is 12.4 Å². The highest BCUT2D eigenvalue weighted by molar-refractivity contribution is 8.00. The number of hydrogen-bond acceptors (Lipinski definition) is 4. The van der Waals surface area contributed by atoms with E-state index in [1.807, 2.05) is 12.1 Å². The van der Waals surface area contributed by atoms with Gasteiger partial charge < -0.3 is 10.1 Å². The van der Waals surface area contributed by atoms with E-state index in [-0.39, 0.29) is 5.91 Å². The summed E-state index contributed by atoms with van der Waals surface area (Å²) >= 11 is 1.53. The number of rotatable bonds is 5. The minimum absolute atomic E-state index is 0.0821. The van der Waals surface area contributed by atoms with Crippen LogP contribution in [0.2, 0.25) is 0 Å². The minimum atomic E-state index is 0.0821. The fourth-order valence-corrected chi connectivity index (χ4v) is 2.35. The van der Waals surface area contributed by atoms with E-state index in [2.05, 4.69) is 10.3 Å². The molecule has 0 aromatic carbocycles. The third-order valence-corrected chi connectivity index (χ3v) is 3.64. The molecule has 1 atom stereocenters. The van der Waals surface area contributed by atoms with Crippen molar-refractivity contribution in [1.29, 1.82) is 0 Å². The van der Waals surface area contributed by atoms with Crippen molar-refractivity contribution in [1.82, 2.24) is 10.3 Å². The predicted octanol–water partition coefficient (Wildman–Crippen LogP) is 1.33. The van der Waals surface area contributed by atoms with Gasteiger partial charge in [-0.05, 0) is 18.6 Å². The number of hydrogen-bond donors (Lipinski definition) is 1. The molecule has 0 saturated carbocycles. The second-order valence-corrected chi connectivity index (χ2v) is 5.05. The standard InChI is InChI=1S/C12H16N2O2S/c15-12(14-7-10-3-6-16-8-10)9-17-11-1-4-13-5-2-11/h1-2,4-5,10H,3,6-9H2,(H,14,15). The summed E-state index contributed by atoms with van der Waals surface area (Å²) in [4.78, 5) is 16.6. The van der Waals surface area contributed by atoms with Crippen molar-refractivity contribution >= 4 is 17.7 Å². The third-order valence-electron chi connectivity index (χ3n) is 2.63. The van der Waals surface area contributed by atoms with Gasteiger partial charge in [-0.15, -0.1) is 11.8 Å². The monoisotopic (exact) mass is 252 g/mol. The van der Waals surface area contributed by atoms with Crippen LogP contribution < -0.4 is 5.32 Å². The molecule has 1 aromatic heterocycles. The van der Waals surface area contributed by atoms with Crippen molar-refractivity contribution in [3.8, 4) is 0 Å². The predicted molar refractivity (Wildman–Crippen MR) is 66.9 cm³/mol. The summed E-state index contributed by atoms with van der Waals surface area (Å²) in [5.41, 5.74) is 0. The van der Waals surface area contributed by atoms with Crippen molar-refractivity contribution < 1.29 is 9.53 Å². The van der Waals surface area contributed by atoms with Crippen LogP contribution in [-0.2, 0) is 9.53 Å². The maximum Gasteiger partial charge on any atom is 0.230 e. The molecule has 5 heteroatoms. The van der Waals surface area contributed by atoms with E-state index in [9.17, 15) is 4.79 Å². The topological polar surface area (TPSA) is 51.2 Å². The summed E-state index contributed by atoms with van der Waals surface area (Å²) in [6, 6.07) is 3.81. The normalized spacial score (nSPS) is 19.2. The maximum atomic E-state index is 11.6. The Balaban J connectivity index is 1.64. The number of pyridine rings is 1. The lowest BCUT2D eigenvalue weighted by atomic mass is 10.1. The van der Waals surface area contributed by atoms with Gasteiger partial charge in [-0.1, -0.05) is 0 Å². The first-order valence-corrected chi connectivity index (χ1v) is 6.70. The van der Waals surface area contributed by atoms with E-state index < -0.39 is 0 Å². The molecule has 1 fully saturated rings. The molecule has 2 heterocycles. The number of nitrogens with one attached hydrogen (secondary N) is 1. The van der Waals surface area contributed by atoms with Crippen molar-refractivity contribution in [2.24, 2.45) is 5.92 Å². The van der Waals surface area contributed by atoms with Crippen LogP contribution in [0.25, 0.3) is 0 Å². The molecule has 92 valence electrons. The van der Waals surface area contributed by atoms with E-state index >= 15 is 0 Å². The molecule has 1 N–H and O–H groups in total. The van der Waals surface area contributed by atoms with Crippen LogP contribution in [0.5, 0.6) is 0 Å². The van der Waals surface area contributed by atoms with E-state index in [1.165, 1.54) is 11.8 Å². The summed E-state index contributed by atoms with van der Waals surface area (Å²) in [5.74, 6) is 1.03. The highest BCUT2D eigenvalue weighted by Crippen LogP contribution is 2.15. The molecule has 17 heavy (non-hydrogen) atoms. The molecule has 0 aliphatic carbocycles. The molecule has 0 radical (unpaired) electrons. The van der Waals surface area contributed by atoms with Gasteiger partial charge in [-0.3, -0.25) is 9.78 Å². The summed E-state index contributed by atoms with van der Waals surface area (Å²) in [6.07, 6.45) is 4.52. The van der Waals surface area contributed by atoms with Gasteiger partial charge in [0.15, 0.2) is 0 Å². The molecule has 1 aliphatic heterocycles. The zero-order chi connectivity index (χ0) is 11.9. The molecule has 1 aliphatic rings. The van der Waals surface area contributed by atoms with Crippen molar-refractivity contribution in [2.45, 2.75) is 11.3 Å². The second-order valence-electron chi connectivity index (χ2n) is 4.01. The van der Waals surface area contributed by atoms with Gasteiger partial charge in [-0.25, -0.2) is 0 Å². The van der Waals surface area contributed by atoms with E-state index in [4.69, 9.17) is 4.74 Å². The molecular weight excluding hydrogens is 236 g/mol. The van der Waals surface area contributed by atoms with Gasteiger partial charge in [-0.2, -0.15) is 0 Å². The Morgan fingerprint density at radius 2 is 2.35 bits per heavy atom. The maximum absolute atomic E-state index is 11.6. The summed E-state index contributed by atoms with van der Waals surface area (Å²) < 4.78 is 5.26. The van der Waals surface area contributed by atoms with Crippen LogP contribution in [0.15, 0.2) is 29.4 Å². The Morgan fingerprint density at radius 1 is 1.53 bits per heavy atom. The zero-order valence-electron chi connectivity index (χ0n) is 9.59. The molecular formula is C12H16N2O2S. The van der Waals surface area contributed by atoms with Crippen LogP contribution in [0.3, 0.4) is 0 Å². The number of carbonyl (C=O) groups is 1. The van der Waals surface area contributed by atoms with Gasteiger partial charge in [0, 0.05) is 36.4 Å². The Kier molecular flexibility index (Phi) is 4.82. The quantitative estimate of drug-likeness (QED) is 0.803. The van der Waals surface area contributed by atoms with Gasteiger partial charge in [0.25, 0.3) is 0 Å². The molecule has 1 amide bonds. The lowest BCUT2D eigenvalue weighted by Crippen LogP contribution is -2.30. The average Bonchev–Trinajstić information content (AvgIpc) is 2.88. The highest BCUT2D eigenvalue weighted by Gasteiger charge is 2.16. The largest absolute Gasteiger partial charge is 0.381 e. The lowest BCUT2D eigenvalue weighted by Gasteiger charge is -2.09. The number of carbonyl (C=O) groups excluding carboxylic acids is 1. The number of aromatic nitrogens is 1. The van der Waals surface area contributed by atoms with E-state index in [0.717, 1.165) is 31.1 Å². The minimum Gasteiger partial charge on any atom is -0.381 e. The summed E-state index contributed by atoms with van der Waals surface area (Å²) in [6.45, 7) is 2.33. The summed E-state index contributed by atoms with van der Waals surface area (Å²) in [7, 11) is 0. The highest BCUT2D eigenvalue weighted by atomic mass is 32.2. The third kappa shape index (κ3) is 4.36. The first kappa shape index (κ1) is 12.4. The van der Waals surface area contributed by atoms with Crippen molar-refractivity contribution in [3.63, 3.8) is 0 Å². The first-order chi connectivity index (χ1) is 8.34. The fourth-order valence-electron chi connectivity index (χ4n) is 1.64. The lowest BCUT2D eigenvalue weighted by molar-refractivity contribution is -0.118. The van der Waals surface area contributed by atoms with Crippen LogP contribution >= 0.6 is 11.8 Å². The van der Waals surface area contributed by atoms with Crippen molar-refractivity contribution in [3.05, 3.63) is 24.5 Å². The Hall–Kier alpha value is -1.07. The van der Waals surface area contributed by atoms with E-state index in [0.29, 0.717) is 11.7 Å². The van der Waals surface area contributed by atoms with Gasteiger partial charge in [0.2, 0.25) is 5.91 Å². The molecule has 1 aromatic rings. The first-order valence-electron chi connectivity index (χ1n) is 5.72. The van der Waals surface area contributed by atoms with Crippen molar-refractivity contribution in [2.75, 3.05) is 25.5 Å². The van der Waals surface area contributed by atoms with Gasteiger partial charge >= 0.3 is 0 Å². The summed E-state index contributed by atoms with van der Waals surface area (Å²) in [5, 5.41) is 2.94. The number of thioether (sulfide) groups is 1. The second kappa shape index (κ2) is 6.61.